The second-order valence-electron chi connectivity index (χ2n) is 10.7. The van der Waals surface area contributed by atoms with Gasteiger partial charge < -0.3 is 29.0 Å². The molecule has 4 heterocycles. The number of carboxylic acid groups (broad SMARTS) is 1. The van der Waals surface area contributed by atoms with Crippen molar-refractivity contribution in [3.05, 3.63) is 23.5 Å². The Morgan fingerprint density at radius 3 is 2.69 bits per heavy atom. The summed E-state index contributed by atoms with van der Waals surface area (Å²) in [6, 6.07) is 0. The smallest absolute Gasteiger partial charge is 0.410 e. The molecule has 0 bridgehead atoms. The Labute approximate surface area is 204 Å². The quantitative estimate of drug-likeness (QED) is 0.430. The molecule has 1 unspecified atom stereocenters. The van der Waals surface area contributed by atoms with Crippen molar-refractivity contribution >= 4 is 12.1 Å². The fraction of sp³-hybridized carbons (Fsp3) is 0.750. The number of carbonyl (C=O) groups is 2. The summed E-state index contributed by atoms with van der Waals surface area (Å²) in [6.45, 7) is 8.52. The molecule has 1 aromatic heterocycles. The summed E-state index contributed by atoms with van der Waals surface area (Å²) in [7, 11) is 1.67. The number of aromatic carboxylic acids is 1. The molecule has 1 spiro atoms. The summed E-state index contributed by atoms with van der Waals surface area (Å²) >= 11 is 0. The molecule has 11 heteroatoms. The van der Waals surface area contributed by atoms with Crippen LogP contribution < -0.4 is 0 Å². The Morgan fingerprint density at radius 2 is 2.09 bits per heavy atom. The third kappa shape index (κ3) is 4.56. The highest BCUT2D eigenvalue weighted by atomic mass is 16.6. The molecule has 192 valence electrons. The van der Waals surface area contributed by atoms with Crippen LogP contribution in [0.2, 0.25) is 0 Å². The molecule has 1 N–H and O–H groups in total. The van der Waals surface area contributed by atoms with E-state index in [-0.39, 0.29) is 53.1 Å². The molecule has 11 nitrogen and oxygen atoms in total. The second kappa shape index (κ2) is 8.86. The Hall–Kier alpha value is -2.50. The SMILES string of the molecule is CO[C@@H]1[C@H](OC(=O)N2CC(Cn3cc(C(=O)O)nn3)C2)CC[C@]2(CO2)[C@H]1[C@@]1(C)OC1CC=C(C)C. The van der Waals surface area contributed by atoms with E-state index in [4.69, 9.17) is 24.1 Å². The summed E-state index contributed by atoms with van der Waals surface area (Å²) < 4.78 is 25.6. The van der Waals surface area contributed by atoms with Crippen molar-refractivity contribution < 1.29 is 33.6 Å². The van der Waals surface area contributed by atoms with E-state index in [1.165, 1.54) is 16.5 Å². The molecule has 4 fully saturated rings. The van der Waals surface area contributed by atoms with E-state index in [9.17, 15) is 9.59 Å². The van der Waals surface area contributed by atoms with Crippen molar-refractivity contribution in [1.29, 1.82) is 0 Å². The van der Waals surface area contributed by atoms with E-state index < -0.39 is 5.97 Å². The lowest BCUT2D eigenvalue weighted by Gasteiger charge is -2.44. The highest BCUT2D eigenvalue weighted by molar-refractivity contribution is 5.84. The van der Waals surface area contributed by atoms with Crippen LogP contribution in [-0.2, 0) is 25.5 Å². The van der Waals surface area contributed by atoms with Gasteiger partial charge in [0.1, 0.15) is 23.4 Å². The maximum absolute atomic E-state index is 12.9. The second-order valence-corrected chi connectivity index (χ2v) is 10.7. The molecule has 1 saturated carbocycles. The molecule has 3 saturated heterocycles. The van der Waals surface area contributed by atoms with Crippen molar-refractivity contribution in [2.75, 3.05) is 26.8 Å². The summed E-state index contributed by atoms with van der Waals surface area (Å²) in [5.41, 5.74) is 0.541. The van der Waals surface area contributed by atoms with Gasteiger partial charge in [0.05, 0.1) is 24.8 Å². The zero-order chi connectivity index (χ0) is 25.0. The van der Waals surface area contributed by atoms with Crippen LogP contribution in [0, 0.1) is 11.8 Å². The van der Waals surface area contributed by atoms with Gasteiger partial charge in [0, 0.05) is 32.7 Å². The fourth-order valence-corrected chi connectivity index (χ4v) is 5.86. The Kier molecular flexibility index (Phi) is 6.13. The van der Waals surface area contributed by atoms with E-state index in [0.717, 1.165) is 12.8 Å². The van der Waals surface area contributed by atoms with Crippen LogP contribution in [0.1, 0.15) is 50.5 Å². The predicted octanol–water partition coefficient (Wildman–Crippen LogP) is 2.12. The number of carboxylic acids is 1. The van der Waals surface area contributed by atoms with Gasteiger partial charge in [0.25, 0.3) is 0 Å². The van der Waals surface area contributed by atoms with Gasteiger partial charge in [0.15, 0.2) is 5.69 Å². The van der Waals surface area contributed by atoms with Crippen molar-refractivity contribution in [3.63, 3.8) is 0 Å². The Bertz CT molecular complexity index is 1010. The lowest BCUT2D eigenvalue weighted by molar-refractivity contribution is -0.124. The van der Waals surface area contributed by atoms with E-state index >= 15 is 0 Å². The van der Waals surface area contributed by atoms with Gasteiger partial charge in [0.2, 0.25) is 0 Å². The highest BCUT2D eigenvalue weighted by Crippen LogP contribution is 2.59. The number of epoxide rings is 2. The number of rotatable bonds is 8. The molecule has 5 rings (SSSR count). The summed E-state index contributed by atoms with van der Waals surface area (Å²) in [5, 5.41) is 16.4. The number of methoxy groups -OCH3 is 1. The number of aromatic nitrogens is 3. The average Bonchev–Trinajstić information content (AvgIpc) is 3.63. The minimum absolute atomic E-state index is 0.0120. The van der Waals surface area contributed by atoms with Gasteiger partial charge in [-0.15, -0.1) is 5.10 Å². The number of hydrogen-bond donors (Lipinski definition) is 1. The topological polar surface area (TPSA) is 132 Å². The molecular weight excluding hydrogens is 456 g/mol. The zero-order valence-electron chi connectivity index (χ0n) is 20.7. The molecule has 1 aromatic rings. The third-order valence-corrected chi connectivity index (χ3v) is 7.91. The van der Waals surface area contributed by atoms with E-state index in [1.54, 1.807) is 12.0 Å². The zero-order valence-corrected chi connectivity index (χ0v) is 20.7. The van der Waals surface area contributed by atoms with Crippen LogP contribution in [-0.4, -0.2) is 93.4 Å². The molecule has 6 atom stereocenters. The number of amides is 1. The van der Waals surface area contributed by atoms with Crippen LogP contribution in [0.25, 0.3) is 0 Å². The normalized spacial score (nSPS) is 35.9. The van der Waals surface area contributed by atoms with Crippen molar-refractivity contribution in [3.8, 4) is 0 Å². The molecule has 0 aromatic carbocycles. The van der Waals surface area contributed by atoms with Gasteiger partial charge in [-0.1, -0.05) is 16.9 Å². The molecule has 1 aliphatic carbocycles. The molecule has 35 heavy (non-hydrogen) atoms. The van der Waals surface area contributed by atoms with Crippen LogP contribution in [0.3, 0.4) is 0 Å². The van der Waals surface area contributed by atoms with Gasteiger partial charge in [-0.05, 0) is 40.0 Å². The predicted molar refractivity (Wildman–Crippen MR) is 122 cm³/mol. The number of nitrogens with zero attached hydrogens (tertiary/aromatic N) is 4. The molecule has 4 aliphatic rings. The van der Waals surface area contributed by atoms with Crippen molar-refractivity contribution in [1.82, 2.24) is 19.9 Å². The highest BCUT2D eigenvalue weighted by Gasteiger charge is 2.72. The van der Waals surface area contributed by atoms with Crippen molar-refractivity contribution in [2.45, 2.75) is 76.1 Å². The largest absolute Gasteiger partial charge is 0.476 e. The number of allylic oxidation sites excluding steroid dienone is 1. The lowest BCUT2D eigenvalue weighted by Crippen LogP contribution is -2.58. The van der Waals surface area contributed by atoms with Gasteiger partial charge >= 0.3 is 12.1 Å². The standard InChI is InChI=1S/C24H34N4O7/c1-14(2)5-6-18-23(3,35-18)20-19(32-4)17(7-8-24(20)13-33-24)34-22(31)27-9-15(10-27)11-28-12-16(21(29)30)25-26-28/h5,12,15,17-20H,6-11,13H2,1-4H3,(H,29,30)/t17-,18?,19-,20-,23+,24+/m1/s1. The third-order valence-electron chi connectivity index (χ3n) is 7.91. The summed E-state index contributed by atoms with van der Waals surface area (Å²) in [5.74, 6) is -0.955. The van der Waals surface area contributed by atoms with E-state index in [1.807, 2.05) is 0 Å². The first-order valence-electron chi connectivity index (χ1n) is 12.2. The minimum Gasteiger partial charge on any atom is -0.476 e. The van der Waals surface area contributed by atoms with Crippen molar-refractivity contribution in [2.24, 2.45) is 11.8 Å². The van der Waals surface area contributed by atoms with Crippen LogP contribution in [0.15, 0.2) is 17.8 Å². The first kappa shape index (κ1) is 24.2. The van der Waals surface area contributed by atoms with Gasteiger partial charge in [-0.3, -0.25) is 4.68 Å². The summed E-state index contributed by atoms with van der Waals surface area (Å²) in [4.78, 5) is 25.5. The molecule has 3 aliphatic heterocycles. The Morgan fingerprint density at radius 1 is 1.34 bits per heavy atom. The van der Waals surface area contributed by atoms with E-state index in [2.05, 4.69) is 37.2 Å². The Balaban J connectivity index is 1.18. The molecular formula is C24H34N4O7. The monoisotopic (exact) mass is 490 g/mol. The number of carbonyl (C=O) groups excluding carboxylic acids is 1. The number of ether oxygens (including phenoxy) is 4. The minimum atomic E-state index is -1.11. The van der Waals surface area contributed by atoms with Gasteiger partial charge in [-0.25, -0.2) is 9.59 Å². The molecule has 0 radical (unpaired) electrons. The lowest BCUT2D eigenvalue weighted by atomic mass is 9.68. The van der Waals surface area contributed by atoms with Crippen LogP contribution in [0.5, 0.6) is 0 Å². The maximum Gasteiger partial charge on any atom is 0.410 e. The molecule has 1 amide bonds. The summed E-state index contributed by atoms with van der Waals surface area (Å²) in [6.07, 6.45) is 5.01. The number of hydrogen-bond acceptors (Lipinski definition) is 8. The number of likely N-dealkylation sites (tertiary alicyclic amines) is 1. The fourth-order valence-electron chi connectivity index (χ4n) is 5.86. The maximum atomic E-state index is 12.9. The first-order valence-corrected chi connectivity index (χ1v) is 12.2. The van der Waals surface area contributed by atoms with Gasteiger partial charge in [-0.2, -0.15) is 0 Å². The average molecular weight is 491 g/mol. The van der Waals surface area contributed by atoms with Crippen LogP contribution in [0.4, 0.5) is 4.79 Å². The van der Waals surface area contributed by atoms with Crippen LogP contribution >= 0.6 is 0 Å². The first-order chi connectivity index (χ1) is 16.6. The van der Waals surface area contributed by atoms with E-state index in [0.29, 0.717) is 32.7 Å².